The molecule has 15 heavy (non-hydrogen) atoms. The number of aliphatic hydroxyl groups is 1. The van der Waals surface area contributed by atoms with E-state index in [-0.39, 0.29) is 18.6 Å². The summed E-state index contributed by atoms with van der Waals surface area (Å²) in [5, 5.41) is 9.07. The quantitative estimate of drug-likeness (QED) is 0.673. The molecule has 0 bridgehead atoms. The number of carbonyl (C=O) groups excluding carboxylic acids is 1. The number of ether oxygens (including phenoxy) is 1. The van der Waals surface area contributed by atoms with E-state index in [9.17, 15) is 4.79 Å². The van der Waals surface area contributed by atoms with Crippen LogP contribution in [0.25, 0.3) is 0 Å². The van der Waals surface area contributed by atoms with Crippen molar-refractivity contribution in [3.05, 3.63) is 0 Å². The van der Waals surface area contributed by atoms with Gasteiger partial charge in [-0.3, -0.25) is 4.79 Å². The van der Waals surface area contributed by atoms with Crippen molar-refractivity contribution in [1.82, 2.24) is 4.90 Å². The van der Waals surface area contributed by atoms with Crippen LogP contribution in [0.2, 0.25) is 0 Å². The topological polar surface area (TPSA) is 49.8 Å². The molecule has 88 valence electrons. The second kappa shape index (κ2) is 7.09. The molecule has 1 heterocycles. The number of amides is 1. The molecule has 0 radical (unpaired) electrons. The third-order valence-corrected chi connectivity index (χ3v) is 3.47. The Bertz CT molecular complexity index is 201. The first-order chi connectivity index (χ1) is 7.29. The van der Waals surface area contributed by atoms with Gasteiger partial charge < -0.3 is 14.7 Å². The van der Waals surface area contributed by atoms with Gasteiger partial charge in [-0.2, -0.15) is 0 Å². The molecule has 1 fully saturated rings. The summed E-state index contributed by atoms with van der Waals surface area (Å²) in [6.45, 7) is 1.57. The Balaban J connectivity index is 2.21. The van der Waals surface area contributed by atoms with E-state index in [1.807, 2.05) is 0 Å². The molecule has 1 saturated heterocycles. The predicted molar refractivity (Wildman–Crippen MR) is 61.0 cm³/mol. The predicted octanol–water partition coefficient (Wildman–Crippen LogP) is 0.349. The molecule has 4 nitrogen and oxygen atoms in total. The average Bonchev–Trinajstić information content (AvgIpc) is 2.72. The summed E-state index contributed by atoms with van der Waals surface area (Å²) in [5.74, 6) is 1.49. The first-order valence-corrected chi connectivity index (χ1v) is 6.42. The Labute approximate surface area is 95.0 Å². The molecule has 0 aromatic rings. The highest BCUT2D eigenvalue weighted by molar-refractivity contribution is 7.99. The van der Waals surface area contributed by atoms with Gasteiger partial charge in [0.1, 0.15) is 0 Å². The Morgan fingerprint density at radius 2 is 2.47 bits per heavy atom. The van der Waals surface area contributed by atoms with Gasteiger partial charge in [-0.1, -0.05) is 0 Å². The van der Waals surface area contributed by atoms with Crippen LogP contribution in [-0.4, -0.2) is 60.3 Å². The number of hydrogen-bond donors (Lipinski definition) is 1. The molecule has 5 heteroatoms. The molecular formula is C10H19NO3S. The van der Waals surface area contributed by atoms with Gasteiger partial charge in [-0.25, -0.2) is 0 Å². The van der Waals surface area contributed by atoms with Crippen LogP contribution in [0.15, 0.2) is 0 Å². The van der Waals surface area contributed by atoms with Crippen LogP contribution in [-0.2, 0) is 9.53 Å². The lowest BCUT2D eigenvalue weighted by Gasteiger charge is -2.22. The van der Waals surface area contributed by atoms with Gasteiger partial charge in [0, 0.05) is 19.4 Å². The number of hydrogen-bond acceptors (Lipinski definition) is 4. The first-order valence-electron chi connectivity index (χ1n) is 5.26. The van der Waals surface area contributed by atoms with Crippen molar-refractivity contribution < 1.29 is 14.6 Å². The minimum absolute atomic E-state index is 0.0560. The number of methoxy groups -OCH3 is 1. The number of rotatable bonds is 6. The number of thioether (sulfide) groups is 1. The maximum atomic E-state index is 11.7. The van der Waals surface area contributed by atoms with Gasteiger partial charge >= 0.3 is 0 Å². The van der Waals surface area contributed by atoms with Crippen molar-refractivity contribution in [2.45, 2.75) is 18.9 Å². The molecular weight excluding hydrogens is 214 g/mol. The van der Waals surface area contributed by atoms with E-state index in [0.29, 0.717) is 12.4 Å². The minimum Gasteiger partial charge on any atom is -0.394 e. The molecule has 1 aliphatic heterocycles. The zero-order valence-electron chi connectivity index (χ0n) is 9.15. The van der Waals surface area contributed by atoms with Gasteiger partial charge in [0.2, 0.25) is 5.91 Å². The van der Waals surface area contributed by atoms with Gasteiger partial charge in [0.25, 0.3) is 0 Å². The fourth-order valence-corrected chi connectivity index (χ4v) is 2.51. The summed E-state index contributed by atoms with van der Waals surface area (Å²) in [6.07, 6.45) is 1.95. The van der Waals surface area contributed by atoms with E-state index >= 15 is 0 Å². The molecule has 1 unspecified atom stereocenters. The minimum atomic E-state index is 0.0560. The standard InChI is InChI=1S/C10H19NO3S/c1-14-5-6-15-8-10(13)11-4-2-3-9(11)7-12/h9,12H,2-8H2,1H3. The zero-order chi connectivity index (χ0) is 11.1. The fraction of sp³-hybridized carbons (Fsp3) is 0.900. The molecule has 1 N–H and O–H groups in total. The summed E-state index contributed by atoms with van der Waals surface area (Å²) >= 11 is 1.59. The van der Waals surface area contributed by atoms with Crippen LogP contribution in [0.1, 0.15) is 12.8 Å². The number of carbonyl (C=O) groups is 1. The average molecular weight is 233 g/mol. The maximum absolute atomic E-state index is 11.7. The van der Waals surface area contributed by atoms with Crippen molar-refractivity contribution in [3.8, 4) is 0 Å². The van der Waals surface area contributed by atoms with E-state index in [2.05, 4.69) is 0 Å². The normalized spacial score (nSPS) is 20.9. The molecule has 0 saturated carbocycles. The van der Waals surface area contributed by atoms with Gasteiger partial charge in [-0.15, -0.1) is 11.8 Å². The van der Waals surface area contributed by atoms with Crippen LogP contribution in [0.5, 0.6) is 0 Å². The summed E-state index contributed by atoms with van der Waals surface area (Å²) in [5.41, 5.74) is 0. The van der Waals surface area contributed by atoms with Crippen LogP contribution in [0, 0.1) is 0 Å². The molecule has 0 spiro atoms. The second-order valence-corrected chi connectivity index (χ2v) is 4.72. The number of aliphatic hydroxyl groups excluding tert-OH is 1. The Hall–Kier alpha value is -0.260. The number of likely N-dealkylation sites (tertiary alicyclic amines) is 1. The lowest BCUT2D eigenvalue weighted by molar-refractivity contribution is -0.129. The smallest absolute Gasteiger partial charge is 0.232 e. The van der Waals surface area contributed by atoms with Crippen molar-refractivity contribution in [2.75, 3.05) is 38.4 Å². The van der Waals surface area contributed by atoms with Crippen LogP contribution in [0.4, 0.5) is 0 Å². The third-order valence-electron chi connectivity index (χ3n) is 2.57. The summed E-state index contributed by atoms with van der Waals surface area (Å²) in [7, 11) is 1.66. The van der Waals surface area contributed by atoms with E-state index < -0.39 is 0 Å². The molecule has 0 aliphatic carbocycles. The highest BCUT2D eigenvalue weighted by atomic mass is 32.2. The fourth-order valence-electron chi connectivity index (χ4n) is 1.74. The van der Waals surface area contributed by atoms with Crippen molar-refractivity contribution in [2.24, 2.45) is 0 Å². The summed E-state index contributed by atoms with van der Waals surface area (Å²) in [4.78, 5) is 13.5. The highest BCUT2D eigenvalue weighted by Crippen LogP contribution is 2.17. The lowest BCUT2D eigenvalue weighted by Crippen LogP contribution is -2.38. The highest BCUT2D eigenvalue weighted by Gasteiger charge is 2.27. The van der Waals surface area contributed by atoms with Crippen molar-refractivity contribution in [3.63, 3.8) is 0 Å². The van der Waals surface area contributed by atoms with Crippen LogP contribution in [0.3, 0.4) is 0 Å². The van der Waals surface area contributed by atoms with E-state index in [1.54, 1.807) is 23.8 Å². The summed E-state index contributed by atoms with van der Waals surface area (Å²) in [6, 6.07) is 0.0560. The Morgan fingerprint density at radius 1 is 1.67 bits per heavy atom. The van der Waals surface area contributed by atoms with E-state index in [0.717, 1.165) is 25.1 Å². The monoisotopic (exact) mass is 233 g/mol. The Morgan fingerprint density at radius 3 is 3.13 bits per heavy atom. The second-order valence-electron chi connectivity index (χ2n) is 3.61. The van der Waals surface area contributed by atoms with Gasteiger partial charge in [0.15, 0.2) is 0 Å². The molecule has 1 amide bonds. The Kier molecular flexibility index (Phi) is 6.05. The first kappa shape index (κ1) is 12.8. The zero-order valence-corrected chi connectivity index (χ0v) is 9.96. The maximum Gasteiger partial charge on any atom is 0.232 e. The third kappa shape index (κ3) is 4.01. The molecule has 0 aromatic heterocycles. The lowest BCUT2D eigenvalue weighted by atomic mass is 10.2. The summed E-state index contributed by atoms with van der Waals surface area (Å²) < 4.78 is 4.91. The molecule has 0 aromatic carbocycles. The number of nitrogens with zero attached hydrogens (tertiary/aromatic N) is 1. The largest absolute Gasteiger partial charge is 0.394 e. The van der Waals surface area contributed by atoms with Crippen molar-refractivity contribution >= 4 is 17.7 Å². The molecule has 1 aliphatic rings. The van der Waals surface area contributed by atoms with Crippen molar-refractivity contribution in [1.29, 1.82) is 0 Å². The van der Waals surface area contributed by atoms with Gasteiger partial charge in [0.05, 0.1) is 25.0 Å². The molecule has 1 atom stereocenters. The molecule has 1 rings (SSSR count). The van der Waals surface area contributed by atoms with E-state index in [1.165, 1.54) is 0 Å². The van der Waals surface area contributed by atoms with E-state index in [4.69, 9.17) is 9.84 Å². The van der Waals surface area contributed by atoms with Crippen LogP contribution >= 0.6 is 11.8 Å². The van der Waals surface area contributed by atoms with Crippen LogP contribution < -0.4 is 0 Å². The van der Waals surface area contributed by atoms with Gasteiger partial charge in [-0.05, 0) is 12.8 Å². The SMILES string of the molecule is COCCSCC(=O)N1CCCC1CO.